The number of rotatable bonds is 4. The molecular weight excluding hydrogens is 324 g/mol. The second-order valence-electron chi connectivity index (χ2n) is 6.32. The molecule has 4 rings (SSSR count). The average molecular weight is 344 g/mol. The highest BCUT2D eigenvalue weighted by Gasteiger charge is 2.13. The van der Waals surface area contributed by atoms with Gasteiger partial charge in [-0.15, -0.1) is 0 Å². The molecule has 0 aliphatic heterocycles. The molecule has 2 N–H and O–H groups in total. The maximum atomic E-state index is 12.4. The number of hydrogen-bond acceptors (Lipinski definition) is 2. The second-order valence-corrected chi connectivity index (χ2v) is 6.32. The van der Waals surface area contributed by atoms with E-state index in [2.05, 4.69) is 45.2 Å². The van der Waals surface area contributed by atoms with E-state index < -0.39 is 0 Å². The van der Waals surface area contributed by atoms with E-state index in [1.807, 2.05) is 43.3 Å². The van der Waals surface area contributed by atoms with Crippen LogP contribution in [0.2, 0.25) is 0 Å². The third-order valence-corrected chi connectivity index (χ3v) is 4.50. The molecule has 0 radical (unpaired) electrons. The van der Waals surface area contributed by atoms with Gasteiger partial charge in [-0.05, 0) is 38.1 Å². The zero-order valence-corrected chi connectivity index (χ0v) is 14.8. The van der Waals surface area contributed by atoms with Crippen LogP contribution in [-0.4, -0.2) is 20.7 Å². The number of aryl methyl sites for hydroxylation is 2. The topological polar surface area (TPSA) is 62.7 Å². The Morgan fingerprint density at radius 1 is 1.12 bits per heavy atom. The summed E-state index contributed by atoms with van der Waals surface area (Å²) in [5, 5.41) is 11.3. The lowest BCUT2D eigenvalue weighted by molar-refractivity contribution is 0.102. The van der Waals surface area contributed by atoms with E-state index >= 15 is 0 Å². The van der Waals surface area contributed by atoms with Gasteiger partial charge >= 0.3 is 0 Å². The maximum Gasteiger partial charge on any atom is 0.256 e. The third kappa shape index (κ3) is 2.88. The molecule has 0 saturated heterocycles. The number of anilines is 1. The normalized spacial score (nSPS) is 11.0. The molecule has 0 bridgehead atoms. The van der Waals surface area contributed by atoms with Gasteiger partial charge in [0, 0.05) is 29.1 Å². The van der Waals surface area contributed by atoms with Gasteiger partial charge in [0.2, 0.25) is 0 Å². The number of nitrogens with one attached hydrogen (secondary N) is 2. The molecule has 0 spiro atoms. The Balaban J connectivity index is 1.63. The molecule has 2 aromatic carbocycles. The molecule has 0 atom stereocenters. The summed E-state index contributed by atoms with van der Waals surface area (Å²) in [6.45, 7) is 4.94. The highest BCUT2D eigenvalue weighted by molar-refractivity contribution is 6.04. The Labute approximate surface area is 151 Å². The largest absolute Gasteiger partial charge is 0.340 e. The number of nitrogens with zero attached hydrogens (tertiary/aromatic N) is 2. The van der Waals surface area contributed by atoms with Crippen LogP contribution in [0.15, 0.2) is 60.7 Å². The first kappa shape index (κ1) is 16.1. The number of amides is 1. The first-order valence-electron chi connectivity index (χ1n) is 8.68. The number of carbonyl (C=O) groups is 1. The fourth-order valence-electron chi connectivity index (χ4n) is 3.27. The van der Waals surface area contributed by atoms with E-state index in [9.17, 15) is 4.79 Å². The second kappa shape index (κ2) is 6.52. The Morgan fingerprint density at radius 3 is 2.77 bits per heavy atom. The summed E-state index contributed by atoms with van der Waals surface area (Å²) in [6.07, 6.45) is 0. The molecule has 130 valence electrons. The van der Waals surface area contributed by atoms with Gasteiger partial charge in [-0.3, -0.25) is 9.89 Å². The minimum Gasteiger partial charge on any atom is -0.340 e. The zero-order chi connectivity index (χ0) is 18.1. The van der Waals surface area contributed by atoms with Crippen molar-refractivity contribution in [3.63, 3.8) is 0 Å². The lowest BCUT2D eigenvalue weighted by Crippen LogP contribution is -2.12. The molecule has 2 heterocycles. The van der Waals surface area contributed by atoms with Crippen LogP contribution in [0.1, 0.15) is 22.8 Å². The third-order valence-electron chi connectivity index (χ3n) is 4.50. The van der Waals surface area contributed by atoms with E-state index in [0.717, 1.165) is 23.5 Å². The number of aromatic amines is 1. The first-order valence-corrected chi connectivity index (χ1v) is 8.68. The van der Waals surface area contributed by atoms with E-state index in [1.165, 1.54) is 10.9 Å². The Hall–Kier alpha value is -3.34. The molecule has 0 saturated carbocycles. The number of fused-ring (bicyclic) bond motifs is 1. The van der Waals surface area contributed by atoms with Gasteiger partial charge in [0.1, 0.15) is 0 Å². The fraction of sp³-hybridized carbons (Fsp3) is 0.143. The number of hydrogen-bond donors (Lipinski definition) is 2. The van der Waals surface area contributed by atoms with Crippen molar-refractivity contribution < 1.29 is 4.79 Å². The molecule has 5 nitrogen and oxygen atoms in total. The van der Waals surface area contributed by atoms with Crippen LogP contribution < -0.4 is 5.32 Å². The van der Waals surface area contributed by atoms with Crippen molar-refractivity contribution >= 4 is 22.6 Å². The summed E-state index contributed by atoms with van der Waals surface area (Å²) in [4.78, 5) is 12.4. The summed E-state index contributed by atoms with van der Waals surface area (Å²) in [7, 11) is 0. The van der Waals surface area contributed by atoms with Gasteiger partial charge in [0.25, 0.3) is 5.91 Å². The molecule has 0 unspecified atom stereocenters. The summed E-state index contributed by atoms with van der Waals surface area (Å²) in [6, 6.07) is 19.8. The predicted octanol–water partition coefficient (Wildman–Crippen LogP) is 4.61. The van der Waals surface area contributed by atoms with Gasteiger partial charge in [-0.2, -0.15) is 5.10 Å². The molecule has 0 aliphatic rings. The number of aromatic nitrogens is 3. The van der Waals surface area contributed by atoms with Gasteiger partial charge in [0.05, 0.1) is 11.4 Å². The molecule has 0 aliphatic carbocycles. The summed E-state index contributed by atoms with van der Waals surface area (Å²) in [5.74, 6) is 0.349. The lowest BCUT2D eigenvalue weighted by Gasteiger charge is -2.05. The van der Waals surface area contributed by atoms with Crippen LogP contribution in [0.25, 0.3) is 22.3 Å². The number of benzene rings is 2. The summed E-state index contributed by atoms with van der Waals surface area (Å²) < 4.78 is 2.23. The molecule has 0 fully saturated rings. The minimum atomic E-state index is -0.164. The predicted molar refractivity (Wildman–Crippen MR) is 104 cm³/mol. The average Bonchev–Trinajstić information content (AvgIpc) is 3.25. The summed E-state index contributed by atoms with van der Waals surface area (Å²) >= 11 is 0. The SMILES string of the molecule is CCn1c(-c2cc(NC(=O)c3cccc(C)c3)n[nH]2)cc2ccccc21. The van der Waals surface area contributed by atoms with Crippen molar-refractivity contribution in [3.8, 4) is 11.4 Å². The van der Waals surface area contributed by atoms with Gasteiger partial charge in [0.15, 0.2) is 5.82 Å². The molecule has 26 heavy (non-hydrogen) atoms. The summed E-state index contributed by atoms with van der Waals surface area (Å²) in [5.41, 5.74) is 4.79. The van der Waals surface area contributed by atoms with E-state index in [4.69, 9.17) is 0 Å². The Morgan fingerprint density at radius 2 is 1.96 bits per heavy atom. The van der Waals surface area contributed by atoms with Crippen LogP contribution in [0.5, 0.6) is 0 Å². The zero-order valence-electron chi connectivity index (χ0n) is 14.8. The van der Waals surface area contributed by atoms with Crippen LogP contribution >= 0.6 is 0 Å². The van der Waals surface area contributed by atoms with Crippen LogP contribution in [0.3, 0.4) is 0 Å². The molecule has 2 aromatic heterocycles. The van der Waals surface area contributed by atoms with Crippen LogP contribution in [0.4, 0.5) is 5.82 Å². The highest BCUT2D eigenvalue weighted by Crippen LogP contribution is 2.28. The molecule has 1 amide bonds. The number of carbonyl (C=O) groups excluding carboxylic acids is 1. The Bertz CT molecular complexity index is 1090. The minimum absolute atomic E-state index is 0.164. The maximum absolute atomic E-state index is 12.4. The van der Waals surface area contributed by atoms with Crippen molar-refractivity contribution in [2.45, 2.75) is 20.4 Å². The Kier molecular flexibility index (Phi) is 4.05. The molecular formula is C21H20N4O. The molecule has 4 aromatic rings. The first-order chi connectivity index (χ1) is 12.7. The quantitative estimate of drug-likeness (QED) is 0.568. The van der Waals surface area contributed by atoms with Gasteiger partial charge in [-0.1, -0.05) is 35.9 Å². The van der Waals surface area contributed by atoms with Crippen molar-refractivity contribution in [2.24, 2.45) is 0 Å². The van der Waals surface area contributed by atoms with Crippen molar-refractivity contribution in [3.05, 3.63) is 71.8 Å². The van der Waals surface area contributed by atoms with Crippen LogP contribution in [-0.2, 0) is 6.54 Å². The van der Waals surface area contributed by atoms with Crippen molar-refractivity contribution in [1.29, 1.82) is 0 Å². The number of H-pyrrole nitrogens is 1. The van der Waals surface area contributed by atoms with Crippen molar-refractivity contribution in [1.82, 2.24) is 14.8 Å². The van der Waals surface area contributed by atoms with Crippen molar-refractivity contribution in [2.75, 3.05) is 5.32 Å². The highest BCUT2D eigenvalue weighted by atomic mass is 16.1. The number of para-hydroxylation sites is 1. The van der Waals surface area contributed by atoms with E-state index in [1.54, 1.807) is 6.07 Å². The van der Waals surface area contributed by atoms with Crippen LogP contribution in [0, 0.1) is 6.92 Å². The fourth-order valence-corrected chi connectivity index (χ4v) is 3.27. The molecule has 5 heteroatoms. The van der Waals surface area contributed by atoms with E-state index in [-0.39, 0.29) is 5.91 Å². The smallest absolute Gasteiger partial charge is 0.256 e. The monoisotopic (exact) mass is 344 g/mol. The van der Waals surface area contributed by atoms with Gasteiger partial charge < -0.3 is 9.88 Å². The standard InChI is InChI=1S/C21H20N4O/c1-3-25-18-10-5-4-8-15(18)12-19(25)17-13-20(24-23-17)22-21(26)16-9-6-7-14(2)11-16/h4-13H,3H2,1-2H3,(H2,22,23,24,26). The lowest BCUT2D eigenvalue weighted by atomic mass is 10.1. The van der Waals surface area contributed by atoms with Gasteiger partial charge in [-0.25, -0.2) is 0 Å². The van der Waals surface area contributed by atoms with E-state index in [0.29, 0.717) is 11.4 Å².